The van der Waals surface area contributed by atoms with E-state index in [1.54, 1.807) is 41.1 Å². The lowest BCUT2D eigenvalue weighted by Gasteiger charge is -2.29. The minimum Gasteiger partial charge on any atom is -0.221 e. The number of rotatable bonds is 6. The summed E-state index contributed by atoms with van der Waals surface area (Å²) >= 11 is 20.5. The molecule has 0 atom stereocenters. The highest BCUT2D eigenvalue weighted by Crippen LogP contribution is 2.49. The summed E-state index contributed by atoms with van der Waals surface area (Å²) in [4.78, 5) is 6.01. The number of hydrogen-bond acceptors (Lipinski definition) is 5. The highest BCUT2D eigenvalue weighted by Gasteiger charge is 2.33. The Morgan fingerprint density at radius 2 is 1.63 bits per heavy atom. The molecule has 0 spiro atoms. The molecule has 0 aliphatic heterocycles. The molecule has 1 aliphatic carbocycles. The predicted molar refractivity (Wildman–Crippen MR) is 191 cm³/mol. The molecule has 46 heavy (non-hydrogen) atoms. The van der Waals surface area contributed by atoms with Crippen LogP contribution in [0, 0.1) is 18.3 Å². The van der Waals surface area contributed by atoms with Crippen LogP contribution in [0.3, 0.4) is 0 Å². The molecule has 1 aliphatic rings. The van der Waals surface area contributed by atoms with Crippen LogP contribution in [0.25, 0.3) is 17.8 Å². The van der Waals surface area contributed by atoms with E-state index >= 15 is 0 Å². The van der Waals surface area contributed by atoms with Crippen molar-refractivity contribution in [3.63, 3.8) is 0 Å². The van der Waals surface area contributed by atoms with E-state index in [2.05, 4.69) is 47.4 Å². The van der Waals surface area contributed by atoms with Crippen molar-refractivity contribution in [3.8, 4) is 11.8 Å². The van der Waals surface area contributed by atoms with Crippen LogP contribution in [0.15, 0.2) is 106 Å². The van der Waals surface area contributed by atoms with Gasteiger partial charge in [0.15, 0.2) is 5.84 Å². The molecule has 0 saturated carbocycles. The molecule has 2 heterocycles. The van der Waals surface area contributed by atoms with Crippen molar-refractivity contribution in [1.82, 2.24) is 9.78 Å². The summed E-state index contributed by atoms with van der Waals surface area (Å²) in [5.74, 6) is 0.365. The molecular weight excluding hydrogens is 655 g/mol. The Balaban J connectivity index is 1.39. The maximum Gasteiger partial charge on any atom is 0.183 e. The molecule has 6 rings (SSSR count). The second-order valence-electron chi connectivity index (χ2n) is 11.4. The SMILES string of the molecule is Cc1nn(-c2ccccc2)c(Cl)c1/C=C\C1=Cc2c(sc(/N=C(/N=Nc3ccc(Cl)cc3)c3ccc(Cl)cc3)c2C#N)C(C)(C)C1. The van der Waals surface area contributed by atoms with Gasteiger partial charge in [-0.25, -0.2) is 9.67 Å². The molecule has 0 bridgehead atoms. The average molecular weight is 682 g/mol. The van der Waals surface area contributed by atoms with E-state index in [1.165, 1.54) is 11.3 Å². The van der Waals surface area contributed by atoms with Gasteiger partial charge in [0, 0.05) is 37.0 Å². The van der Waals surface area contributed by atoms with Crippen LogP contribution < -0.4 is 0 Å². The monoisotopic (exact) mass is 680 g/mol. The molecule has 2 aromatic heterocycles. The number of azo groups is 1. The molecule has 3 aromatic carbocycles. The highest BCUT2D eigenvalue weighted by molar-refractivity contribution is 7.16. The van der Waals surface area contributed by atoms with Crippen molar-refractivity contribution in [3.05, 3.63) is 139 Å². The topological polar surface area (TPSA) is 78.7 Å². The Morgan fingerprint density at radius 1 is 0.957 bits per heavy atom. The lowest BCUT2D eigenvalue weighted by Crippen LogP contribution is -2.20. The number of aliphatic imine (C=N–C) groups is 1. The number of thiophene rings is 1. The second kappa shape index (κ2) is 13.2. The summed E-state index contributed by atoms with van der Waals surface area (Å²) in [5, 5.41) is 26.3. The standard InChI is InChI=1S/C36H27Cl3N6S/c1-22-29(33(39)45(44-22)28-7-5-4-6-8-28)18-9-23-19-30-31(21-40)35(46-32(30)36(2,3)20-23)41-34(24-10-12-25(37)13-11-24)43-42-27-16-14-26(38)15-17-27/h4-19H,20H2,1-3H3/b18-9-,41-34+,43-42?. The molecule has 0 amide bonds. The zero-order valence-electron chi connectivity index (χ0n) is 25.2. The van der Waals surface area contributed by atoms with Gasteiger partial charge in [-0.15, -0.1) is 21.6 Å². The smallest absolute Gasteiger partial charge is 0.183 e. The van der Waals surface area contributed by atoms with Gasteiger partial charge in [0.05, 0.1) is 22.6 Å². The Kier molecular flexibility index (Phi) is 9.08. The zero-order chi connectivity index (χ0) is 32.4. The summed E-state index contributed by atoms with van der Waals surface area (Å²) in [6.45, 7) is 6.31. The molecule has 6 nitrogen and oxygen atoms in total. The molecule has 5 aromatic rings. The van der Waals surface area contributed by atoms with Crippen LogP contribution >= 0.6 is 46.1 Å². The van der Waals surface area contributed by atoms with E-state index in [-0.39, 0.29) is 5.41 Å². The molecule has 0 unspecified atom stereocenters. The Bertz CT molecular complexity index is 2080. The predicted octanol–water partition coefficient (Wildman–Crippen LogP) is 11.7. The van der Waals surface area contributed by atoms with Gasteiger partial charge in [-0.05, 0) is 91.7 Å². The largest absolute Gasteiger partial charge is 0.221 e. The number of benzene rings is 3. The normalized spacial score (nSPS) is 14.5. The summed E-state index contributed by atoms with van der Waals surface area (Å²) in [6.07, 6.45) is 6.92. The van der Waals surface area contributed by atoms with E-state index in [1.807, 2.05) is 55.5 Å². The van der Waals surface area contributed by atoms with Crippen LogP contribution in [0.1, 0.15) is 53.1 Å². The number of para-hydroxylation sites is 1. The molecule has 0 fully saturated rings. The zero-order valence-corrected chi connectivity index (χ0v) is 28.3. The number of nitrogens with zero attached hydrogens (tertiary/aromatic N) is 6. The minimum absolute atomic E-state index is 0.244. The Morgan fingerprint density at radius 3 is 2.30 bits per heavy atom. The Labute approximate surface area is 286 Å². The van der Waals surface area contributed by atoms with Crippen LogP contribution in [0.4, 0.5) is 10.7 Å². The van der Waals surface area contributed by atoms with Crippen molar-refractivity contribution in [2.75, 3.05) is 0 Å². The second-order valence-corrected chi connectivity index (χ2v) is 13.6. The summed E-state index contributed by atoms with van der Waals surface area (Å²) in [6, 6.07) is 26.5. The fourth-order valence-corrected chi connectivity index (χ4v) is 7.07. The van der Waals surface area contributed by atoms with Crippen LogP contribution in [0.2, 0.25) is 15.2 Å². The first-order valence-corrected chi connectivity index (χ1v) is 16.4. The van der Waals surface area contributed by atoms with Gasteiger partial charge in [-0.1, -0.05) is 72.9 Å². The van der Waals surface area contributed by atoms with Gasteiger partial charge in [0.1, 0.15) is 16.2 Å². The van der Waals surface area contributed by atoms with E-state index < -0.39 is 0 Å². The van der Waals surface area contributed by atoms with Gasteiger partial charge in [-0.2, -0.15) is 10.4 Å². The van der Waals surface area contributed by atoms with Crippen molar-refractivity contribution in [1.29, 1.82) is 5.26 Å². The highest BCUT2D eigenvalue weighted by atomic mass is 35.5. The Hall–Kier alpha value is -4.32. The lowest BCUT2D eigenvalue weighted by atomic mass is 9.77. The maximum absolute atomic E-state index is 10.4. The van der Waals surface area contributed by atoms with Crippen LogP contribution in [0.5, 0.6) is 0 Å². The molecule has 0 saturated heterocycles. The number of aryl methyl sites for hydroxylation is 1. The molecule has 228 valence electrons. The third kappa shape index (κ3) is 6.62. The number of amidine groups is 1. The molecule has 0 radical (unpaired) electrons. The first kappa shape index (κ1) is 31.7. The fraction of sp³-hybridized carbons (Fsp3) is 0.139. The van der Waals surface area contributed by atoms with E-state index in [0.717, 1.165) is 44.9 Å². The van der Waals surface area contributed by atoms with Crippen molar-refractivity contribution < 1.29 is 0 Å². The molecule has 0 N–H and O–H groups in total. The third-order valence-electron chi connectivity index (χ3n) is 7.54. The number of nitriles is 1. The summed E-state index contributed by atoms with van der Waals surface area (Å²) in [5.41, 5.74) is 6.12. The van der Waals surface area contributed by atoms with Gasteiger partial charge in [0.2, 0.25) is 0 Å². The quantitative estimate of drug-likeness (QED) is 0.102. The summed E-state index contributed by atoms with van der Waals surface area (Å²) in [7, 11) is 0. The van der Waals surface area contributed by atoms with Gasteiger partial charge < -0.3 is 0 Å². The number of allylic oxidation sites excluding steroid dienone is 2. The summed E-state index contributed by atoms with van der Waals surface area (Å²) < 4.78 is 1.74. The third-order valence-corrected chi connectivity index (χ3v) is 9.87. The number of fused-ring (bicyclic) bond motifs is 1. The van der Waals surface area contributed by atoms with E-state index in [9.17, 15) is 5.26 Å². The van der Waals surface area contributed by atoms with Crippen molar-refractivity contribution in [2.45, 2.75) is 32.6 Å². The fourth-order valence-electron chi connectivity index (χ4n) is 5.28. The van der Waals surface area contributed by atoms with Crippen molar-refractivity contribution >= 4 is 74.8 Å². The number of aromatic nitrogens is 2. The van der Waals surface area contributed by atoms with Gasteiger partial charge in [0.25, 0.3) is 0 Å². The van der Waals surface area contributed by atoms with Crippen molar-refractivity contribution in [2.24, 2.45) is 15.2 Å². The molecular formula is C36H27Cl3N6S. The first-order valence-electron chi connectivity index (χ1n) is 14.4. The number of hydrogen-bond donors (Lipinski definition) is 0. The van der Waals surface area contributed by atoms with E-state index in [4.69, 9.17) is 39.8 Å². The van der Waals surface area contributed by atoms with E-state index in [0.29, 0.717) is 37.3 Å². The van der Waals surface area contributed by atoms with Gasteiger partial charge >= 0.3 is 0 Å². The molecule has 10 heteroatoms. The average Bonchev–Trinajstić information content (AvgIpc) is 3.55. The first-order chi connectivity index (χ1) is 22.1. The lowest BCUT2D eigenvalue weighted by molar-refractivity contribution is 0.531. The minimum atomic E-state index is -0.244. The van der Waals surface area contributed by atoms with Gasteiger partial charge in [-0.3, -0.25) is 0 Å². The number of halogens is 3. The van der Waals surface area contributed by atoms with Crippen LogP contribution in [-0.4, -0.2) is 15.6 Å². The maximum atomic E-state index is 10.4. The van der Waals surface area contributed by atoms with Crippen LogP contribution in [-0.2, 0) is 5.41 Å².